The van der Waals surface area contributed by atoms with Gasteiger partial charge in [0, 0.05) is 56.5 Å². The Morgan fingerprint density at radius 2 is 1.83 bits per heavy atom. The van der Waals surface area contributed by atoms with E-state index in [1.54, 1.807) is 13.3 Å². The van der Waals surface area contributed by atoms with Gasteiger partial charge in [-0.3, -0.25) is 4.90 Å². The first-order valence-corrected chi connectivity index (χ1v) is 12.2. The molecule has 1 unspecified atom stereocenters. The molecule has 8 heteroatoms. The van der Waals surface area contributed by atoms with Gasteiger partial charge in [0.25, 0.3) is 0 Å². The largest absolute Gasteiger partial charge is 0.488 e. The van der Waals surface area contributed by atoms with Crippen LogP contribution in [0.4, 0.5) is 17.3 Å². The average molecular weight is 476 g/mol. The number of hydrogen-bond donors (Lipinski definition) is 2. The van der Waals surface area contributed by atoms with Crippen molar-refractivity contribution in [3.05, 3.63) is 60.3 Å². The summed E-state index contributed by atoms with van der Waals surface area (Å²) in [6.07, 6.45) is 4.02. The summed E-state index contributed by atoms with van der Waals surface area (Å²) in [6, 6.07) is 16.5. The Morgan fingerprint density at radius 1 is 1.06 bits per heavy atom. The van der Waals surface area contributed by atoms with E-state index in [9.17, 15) is 0 Å². The third-order valence-corrected chi connectivity index (χ3v) is 6.83. The van der Waals surface area contributed by atoms with Crippen LogP contribution >= 0.6 is 0 Å². The molecule has 8 nitrogen and oxygen atoms in total. The van der Waals surface area contributed by atoms with E-state index in [2.05, 4.69) is 46.4 Å². The lowest BCUT2D eigenvalue weighted by atomic mass is 10.0. The molecule has 35 heavy (non-hydrogen) atoms. The van der Waals surface area contributed by atoms with Gasteiger partial charge in [0.1, 0.15) is 11.9 Å². The molecule has 2 aliphatic heterocycles. The lowest BCUT2D eigenvalue weighted by Gasteiger charge is -2.42. The Balaban J connectivity index is 1.23. The molecular formula is C27H33N5O3. The number of anilines is 3. The standard InChI is InChI=1S/C27H33N5O3/c1-18(32-16-23(17-32)33-2)19-3-6-21(7-4-19)30-27-29-12-9-25(31-27)20-5-8-26(24(28)15-20)35-22-10-13-34-14-11-22/h3-9,12,15,18,22-23H,10-11,13-14,16-17,28H2,1-2H3,(H,29,30,31). The molecule has 3 N–H and O–H groups in total. The summed E-state index contributed by atoms with van der Waals surface area (Å²) in [5.41, 5.74) is 10.8. The van der Waals surface area contributed by atoms with E-state index in [1.165, 1.54) is 5.56 Å². The number of methoxy groups -OCH3 is 1. The molecule has 0 aliphatic carbocycles. The number of nitrogens with two attached hydrogens (primary N) is 1. The normalized spacial score (nSPS) is 18.1. The fourth-order valence-corrected chi connectivity index (χ4v) is 4.49. The third kappa shape index (κ3) is 5.56. The number of aromatic nitrogens is 2. The fourth-order valence-electron chi connectivity index (χ4n) is 4.49. The molecule has 5 rings (SSSR count). The monoisotopic (exact) mass is 475 g/mol. The zero-order valence-corrected chi connectivity index (χ0v) is 20.3. The number of nitrogens with zero attached hydrogens (tertiary/aromatic N) is 3. The number of benzene rings is 2. The first-order chi connectivity index (χ1) is 17.1. The number of nitrogen functional groups attached to an aromatic ring is 1. The van der Waals surface area contributed by atoms with Crippen molar-refractivity contribution in [2.45, 2.75) is 38.0 Å². The predicted molar refractivity (Wildman–Crippen MR) is 137 cm³/mol. The van der Waals surface area contributed by atoms with E-state index in [0.29, 0.717) is 29.5 Å². The van der Waals surface area contributed by atoms with Gasteiger partial charge in [-0.2, -0.15) is 0 Å². The Morgan fingerprint density at radius 3 is 2.54 bits per heavy atom. The molecule has 0 radical (unpaired) electrons. The number of likely N-dealkylation sites (tertiary alicyclic amines) is 1. The molecule has 1 aromatic heterocycles. The van der Waals surface area contributed by atoms with E-state index in [0.717, 1.165) is 56.1 Å². The van der Waals surface area contributed by atoms with Crippen molar-refractivity contribution in [1.29, 1.82) is 0 Å². The van der Waals surface area contributed by atoms with Crippen LogP contribution in [0.1, 0.15) is 31.4 Å². The van der Waals surface area contributed by atoms with Crippen molar-refractivity contribution < 1.29 is 14.2 Å². The molecule has 1 atom stereocenters. The Kier molecular flexibility index (Phi) is 7.13. The highest BCUT2D eigenvalue weighted by molar-refractivity contribution is 5.69. The maximum atomic E-state index is 6.30. The molecule has 0 bridgehead atoms. The number of hydrogen-bond acceptors (Lipinski definition) is 8. The number of nitrogens with one attached hydrogen (secondary N) is 1. The summed E-state index contributed by atoms with van der Waals surface area (Å²) in [5.74, 6) is 1.24. The molecule has 2 aromatic carbocycles. The van der Waals surface area contributed by atoms with Crippen molar-refractivity contribution >= 4 is 17.3 Å². The maximum absolute atomic E-state index is 6.30. The highest BCUT2D eigenvalue weighted by Gasteiger charge is 2.30. The van der Waals surface area contributed by atoms with Crippen LogP contribution in [-0.4, -0.2) is 60.5 Å². The second-order valence-electron chi connectivity index (χ2n) is 9.18. The van der Waals surface area contributed by atoms with E-state index in [4.69, 9.17) is 24.9 Å². The smallest absolute Gasteiger partial charge is 0.227 e. The summed E-state index contributed by atoms with van der Waals surface area (Å²) < 4.78 is 16.9. The van der Waals surface area contributed by atoms with Gasteiger partial charge in [-0.1, -0.05) is 12.1 Å². The van der Waals surface area contributed by atoms with Gasteiger partial charge in [-0.25, -0.2) is 9.97 Å². The summed E-state index contributed by atoms with van der Waals surface area (Å²) >= 11 is 0. The van der Waals surface area contributed by atoms with Crippen molar-refractivity contribution in [1.82, 2.24) is 14.9 Å². The quantitative estimate of drug-likeness (QED) is 0.463. The Labute approximate surface area is 206 Å². The first-order valence-electron chi connectivity index (χ1n) is 12.2. The third-order valence-electron chi connectivity index (χ3n) is 6.83. The van der Waals surface area contributed by atoms with Crippen LogP contribution < -0.4 is 15.8 Å². The molecule has 2 fully saturated rings. The van der Waals surface area contributed by atoms with E-state index >= 15 is 0 Å². The minimum absolute atomic E-state index is 0.148. The minimum atomic E-state index is 0.148. The van der Waals surface area contributed by atoms with Crippen molar-refractivity contribution in [3.8, 4) is 17.0 Å². The van der Waals surface area contributed by atoms with Crippen LogP contribution in [0.3, 0.4) is 0 Å². The summed E-state index contributed by atoms with van der Waals surface area (Å²) in [7, 11) is 1.77. The fraction of sp³-hybridized carbons (Fsp3) is 0.407. The number of ether oxygens (including phenoxy) is 3. The second-order valence-corrected chi connectivity index (χ2v) is 9.18. The summed E-state index contributed by atoms with van der Waals surface area (Å²) in [5, 5.41) is 3.31. The van der Waals surface area contributed by atoms with Crippen molar-refractivity contribution in [2.75, 3.05) is 44.5 Å². The maximum Gasteiger partial charge on any atom is 0.227 e. The Bertz CT molecular complexity index is 1130. The SMILES string of the molecule is COC1CN(C(C)c2ccc(Nc3nccc(-c4ccc(OC5CCOCC5)c(N)c4)n3)cc2)C1. The van der Waals surface area contributed by atoms with Crippen LogP contribution in [0.25, 0.3) is 11.3 Å². The molecule has 3 heterocycles. The van der Waals surface area contributed by atoms with Crippen LogP contribution in [0.2, 0.25) is 0 Å². The molecule has 0 spiro atoms. The van der Waals surface area contributed by atoms with Crippen LogP contribution in [0, 0.1) is 0 Å². The molecule has 3 aromatic rings. The van der Waals surface area contributed by atoms with Crippen molar-refractivity contribution in [2.24, 2.45) is 0 Å². The molecule has 0 saturated carbocycles. The molecule has 184 valence electrons. The predicted octanol–water partition coefficient (Wildman–Crippen LogP) is 4.42. The molecular weight excluding hydrogens is 442 g/mol. The zero-order valence-electron chi connectivity index (χ0n) is 20.3. The lowest BCUT2D eigenvalue weighted by molar-refractivity contribution is -0.0479. The van der Waals surface area contributed by atoms with E-state index in [1.807, 2.05) is 24.3 Å². The average Bonchev–Trinajstić information content (AvgIpc) is 2.86. The summed E-state index contributed by atoms with van der Waals surface area (Å²) in [6.45, 7) is 5.64. The van der Waals surface area contributed by atoms with Crippen LogP contribution in [-0.2, 0) is 9.47 Å². The van der Waals surface area contributed by atoms with Crippen LogP contribution in [0.5, 0.6) is 5.75 Å². The van der Waals surface area contributed by atoms with Gasteiger partial charge < -0.3 is 25.3 Å². The van der Waals surface area contributed by atoms with Gasteiger partial charge in [-0.05, 0) is 48.9 Å². The number of rotatable bonds is 8. The second kappa shape index (κ2) is 10.6. The van der Waals surface area contributed by atoms with Gasteiger partial charge in [0.05, 0.1) is 30.7 Å². The summed E-state index contributed by atoms with van der Waals surface area (Å²) in [4.78, 5) is 11.5. The zero-order chi connectivity index (χ0) is 24.2. The van der Waals surface area contributed by atoms with Crippen molar-refractivity contribution in [3.63, 3.8) is 0 Å². The molecule has 2 aliphatic rings. The lowest BCUT2D eigenvalue weighted by Crippen LogP contribution is -2.52. The Hall–Kier alpha value is -3.20. The van der Waals surface area contributed by atoms with Gasteiger partial charge in [0.2, 0.25) is 5.95 Å². The van der Waals surface area contributed by atoms with Crippen LogP contribution in [0.15, 0.2) is 54.7 Å². The molecule has 0 amide bonds. The highest BCUT2D eigenvalue weighted by Crippen LogP contribution is 2.31. The highest BCUT2D eigenvalue weighted by atomic mass is 16.5. The van der Waals surface area contributed by atoms with E-state index in [-0.39, 0.29) is 6.10 Å². The molecule has 2 saturated heterocycles. The van der Waals surface area contributed by atoms with E-state index < -0.39 is 0 Å². The first kappa shape index (κ1) is 23.5. The van der Waals surface area contributed by atoms with Gasteiger partial charge in [0.15, 0.2) is 0 Å². The minimum Gasteiger partial charge on any atom is -0.488 e. The topological polar surface area (TPSA) is 94.8 Å². The van der Waals surface area contributed by atoms with Gasteiger partial charge in [-0.15, -0.1) is 0 Å². The van der Waals surface area contributed by atoms with Gasteiger partial charge >= 0.3 is 0 Å².